The Morgan fingerprint density at radius 3 is 2.38 bits per heavy atom. The first-order valence-electron chi connectivity index (χ1n) is 10.5. The molecule has 3 rings (SSSR count). The number of thiazole rings is 1. The summed E-state index contributed by atoms with van der Waals surface area (Å²) < 4.78 is 0. The molecule has 0 bridgehead atoms. The first kappa shape index (κ1) is 19.8. The van der Waals surface area contributed by atoms with Crippen molar-refractivity contribution in [1.82, 2.24) is 14.8 Å². The number of hydrogen-bond acceptors (Lipinski definition) is 4. The van der Waals surface area contributed by atoms with Gasteiger partial charge in [0.05, 0.1) is 12.2 Å². The molecule has 0 aromatic carbocycles. The smallest absolute Gasteiger partial charge is 0.225 e. The van der Waals surface area contributed by atoms with Gasteiger partial charge in [-0.15, -0.1) is 11.3 Å². The predicted octanol–water partition coefficient (Wildman–Crippen LogP) is 4.40. The molecule has 2 heterocycles. The maximum absolute atomic E-state index is 12.9. The number of piperazine rings is 1. The second-order valence-corrected chi connectivity index (χ2v) is 9.50. The van der Waals surface area contributed by atoms with E-state index in [4.69, 9.17) is 0 Å². The molecule has 0 unspecified atom stereocenters. The van der Waals surface area contributed by atoms with Crippen molar-refractivity contribution in [3.63, 3.8) is 0 Å². The third kappa shape index (κ3) is 5.07. The van der Waals surface area contributed by atoms with Crippen molar-refractivity contribution in [2.45, 2.75) is 72.3 Å². The Morgan fingerprint density at radius 2 is 1.81 bits per heavy atom. The van der Waals surface area contributed by atoms with Crippen molar-refractivity contribution < 1.29 is 4.79 Å². The van der Waals surface area contributed by atoms with Gasteiger partial charge in [0.1, 0.15) is 5.01 Å². The number of hydrogen-bond donors (Lipinski definition) is 0. The summed E-state index contributed by atoms with van der Waals surface area (Å²) in [6.45, 7) is 11.2. The molecule has 0 radical (unpaired) electrons. The summed E-state index contributed by atoms with van der Waals surface area (Å²) in [7, 11) is 0. The molecule has 1 aliphatic carbocycles. The van der Waals surface area contributed by atoms with E-state index in [0.717, 1.165) is 57.2 Å². The second kappa shape index (κ2) is 9.32. The fraction of sp³-hybridized carbons (Fsp3) is 0.810. The van der Waals surface area contributed by atoms with Crippen LogP contribution in [0.25, 0.3) is 0 Å². The zero-order chi connectivity index (χ0) is 18.5. The van der Waals surface area contributed by atoms with Crippen molar-refractivity contribution in [3.05, 3.63) is 15.6 Å². The highest BCUT2D eigenvalue weighted by Gasteiger charge is 2.31. The minimum atomic E-state index is 0.295. The topological polar surface area (TPSA) is 36.4 Å². The maximum Gasteiger partial charge on any atom is 0.225 e. The molecule has 26 heavy (non-hydrogen) atoms. The van der Waals surface area contributed by atoms with Gasteiger partial charge in [0.2, 0.25) is 5.91 Å². The molecule has 2 fully saturated rings. The standard InChI is InChI=1S/C21H35N3OS/c1-4-5-6-18-7-9-19(10-8-18)21(25)24-13-11-23(12-14-24)15-20-22-16(2)17(3)26-20/h18-19H,4-15H2,1-3H3. The summed E-state index contributed by atoms with van der Waals surface area (Å²) in [4.78, 5) is 23.4. The normalized spacial score (nSPS) is 24.8. The fourth-order valence-corrected chi connectivity index (χ4v) is 5.35. The highest BCUT2D eigenvalue weighted by atomic mass is 32.1. The lowest BCUT2D eigenvalue weighted by Gasteiger charge is -2.37. The van der Waals surface area contributed by atoms with E-state index in [9.17, 15) is 4.79 Å². The Kier molecular flexibility index (Phi) is 7.10. The summed E-state index contributed by atoms with van der Waals surface area (Å²) in [5.41, 5.74) is 1.16. The van der Waals surface area contributed by atoms with E-state index < -0.39 is 0 Å². The number of aryl methyl sites for hydroxylation is 2. The van der Waals surface area contributed by atoms with Crippen molar-refractivity contribution >= 4 is 17.2 Å². The van der Waals surface area contributed by atoms with Gasteiger partial charge in [-0.25, -0.2) is 4.98 Å². The third-order valence-corrected chi connectivity index (χ3v) is 7.34. The average molecular weight is 378 g/mol. The number of carbonyl (C=O) groups is 1. The molecule has 1 aromatic heterocycles. The molecule has 1 saturated carbocycles. The van der Waals surface area contributed by atoms with E-state index >= 15 is 0 Å². The fourth-order valence-electron chi connectivity index (χ4n) is 4.37. The summed E-state index contributed by atoms with van der Waals surface area (Å²) in [5.74, 6) is 1.60. The van der Waals surface area contributed by atoms with Crippen molar-refractivity contribution in [2.75, 3.05) is 26.2 Å². The maximum atomic E-state index is 12.9. The van der Waals surface area contributed by atoms with Gasteiger partial charge < -0.3 is 4.90 Å². The van der Waals surface area contributed by atoms with E-state index in [-0.39, 0.29) is 0 Å². The van der Waals surface area contributed by atoms with Gasteiger partial charge in [-0.05, 0) is 45.4 Å². The van der Waals surface area contributed by atoms with Crippen LogP contribution in [0.2, 0.25) is 0 Å². The lowest BCUT2D eigenvalue weighted by atomic mass is 9.79. The van der Waals surface area contributed by atoms with Crippen LogP contribution in [0.4, 0.5) is 0 Å². The van der Waals surface area contributed by atoms with Crippen LogP contribution in [0.15, 0.2) is 0 Å². The number of carbonyl (C=O) groups excluding carboxylic acids is 1. The van der Waals surface area contributed by atoms with E-state index in [0.29, 0.717) is 11.8 Å². The Labute approximate surface area is 163 Å². The van der Waals surface area contributed by atoms with Crippen molar-refractivity contribution in [1.29, 1.82) is 0 Å². The Hall–Kier alpha value is -0.940. The molecule has 5 heteroatoms. The second-order valence-electron chi connectivity index (χ2n) is 8.21. The minimum Gasteiger partial charge on any atom is -0.340 e. The number of unbranched alkanes of at least 4 members (excludes halogenated alkanes) is 1. The van der Waals surface area contributed by atoms with E-state index in [1.165, 1.54) is 42.0 Å². The third-order valence-electron chi connectivity index (χ3n) is 6.28. The Balaban J connectivity index is 1.41. The minimum absolute atomic E-state index is 0.295. The predicted molar refractivity (Wildman–Crippen MR) is 108 cm³/mol. The monoisotopic (exact) mass is 377 g/mol. The van der Waals surface area contributed by atoms with E-state index in [2.05, 4.69) is 35.6 Å². The van der Waals surface area contributed by atoms with Gasteiger partial charge >= 0.3 is 0 Å². The Morgan fingerprint density at radius 1 is 1.12 bits per heavy atom. The van der Waals surface area contributed by atoms with Gasteiger partial charge in [-0.2, -0.15) is 0 Å². The highest BCUT2D eigenvalue weighted by Crippen LogP contribution is 2.33. The quantitative estimate of drug-likeness (QED) is 0.737. The van der Waals surface area contributed by atoms with Crippen LogP contribution in [0.1, 0.15) is 67.4 Å². The van der Waals surface area contributed by atoms with Crippen LogP contribution in [0, 0.1) is 25.7 Å². The lowest BCUT2D eigenvalue weighted by Crippen LogP contribution is -2.50. The van der Waals surface area contributed by atoms with Gasteiger partial charge in [0.15, 0.2) is 0 Å². The highest BCUT2D eigenvalue weighted by molar-refractivity contribution is 7.11. The molecular weight excluding hydrogens is 342 g/mol. The first-order chi connectivity index (χ1) is 12.6. The molecule has 0 N–H and O–H groups in total. The van der Waals surface area contributed by atoms with Gasteiger partial charge in [-0.1, -0.05) is 26.2 Å². The van der Waals surface area contributed by atoms with Gasteiger partial charge in [0, 0.05) is 37.0 Å². The largest absolute Gasteiger partial charge is 0.340 e. The molecule has 4 nitrogen and oxygen atoms in total. The molecule has 1 aliphatic heterocycles. The number of aromatic nitrogens is 1. The van der Waals surface area contributed by atoms with Gasteiger partial charge in [0.25, 0.3) is 0 Å². The molecule has 1 aromatic rings. The number of amides is 1. The molecule has 0 atom stereocenters. The van der Waals surface area contributed by atoms with Crippen LogP contribution in [-0.2, 0) is 11.3 Å². The molecule has 0 spiro atoms. The van der Waals surface area contributed by atoms with Crippen molar-refractivity contribution in [2.24, 2.45) is 11.8 Å². The molecule has 146 valence electrons. The van der Waals surface area contributed by atoms with Crippen LogP contribution < -0.4 is 0 Å². The molecule has 2 aliphatic rings. The average Bonchev–Trinajstić information content (AvgIpc) is 2.97. The van der Waals surface area contributed by atoms with E-state index in [1.807, 2.05) is 11.3 Å². The van der Waals surface area contributed by atoms with Crippen LogP contribution in [0.5, 0.6) is 0 Å². The first-order valence-corrected chi connectivity index (χ1v) is 11.3. The molecule has 1 saturated heterocycles. The number of nitrogens with zero attached hydrogens (tertiary/aromatic N) is 3. The molecule has 1 amide bonds. The SMILES string of the molecule is CCCCC1CCC(C(=O)N2CCN(Cc3nc(C)c(C)s3)CC2)CC1. The van der Waals surface area contributed by atoms with Crippen LogP contribution in [0.3, 0.4) is 0 Å². The van der Waals surface area contributed by atoms with Gasteiger partial charge in [-0.3, -0.25) is 9.69 Å². The zero-order valence-corrected chi connectivity index (χ0v) is 17.6. The zero-order valence-electron chi connectivity index (χ0n) is 16.8. The molecular formula is C21H35N3OS. The summed E-state index contributed by atoms with van der Waals surface area (Å²) in [5, 5.41) is 1.21. The van der Waals surface area contributed by atoms with Crippen LogP contribution in [-0.4, -0.2) is 46.9 Å². The van der Waals surface area contributed by atoms with E-state index in [1.54, 1.807) is 0 Å². The number of rotatable bonds is 6. The van der Waals surface area contributed by atoms with Crippen molar-refractivity contribution in [3.8, 4) is 0 Å². The summed E-state index contributed by atoms with van der Waals surface area (Å²) >= 11 is 1.81. The summed E-state index contributed by atoms with van der Waals surface area (Å²) in [6, 6.07) is 0. The lowest BCUT2D eigenvalue weighted by molar-refractivity contribution is -0.138. The summed E-state index contributed by atoms with van der Waals surface area (Å²) in [6.07, 6.45) is 8.77. The van der Waals surface area contributed by atoms with Crippen LogP contribution >= 0.6 is 11.3 Å². The Bertz CT molecular complexity index is 565.